The van der Waals surface area contributed by atoms with E-state index in [9.17, 15) is 4.79 Å². The van der Waals surface area contributed by atoms with Gasteiger partial charge in [-0.3, -0.25) is 4.79 Å². The Morgan fingerprint density at radius 2 is 2.11 bits per heavy atom. The van der Waals surface area contributed by atoms with Gasteiger partial charge in [0, 0.05) is 19.6 Å². The Kier molecular flexibility index (Phi) is 3.58. The summed E-state index contributed by atoms with van der Waals surface area (Å²) in [5.74, 6) is 0.913. The Morgan fingerprint density at radius 1 is 1.26 bits per heavy atom. The zero-order chi connectivity index (χ0) is 13.1. The molecule has 19 heavy (non-hydrogen) atoms. The molecule has 0 radical (unpaired) electrons. The van der Waals surface area contributed by atoms with Gasteiger partial charge in [-0.05, 0) is 37.3 Å². The summed E-state index contributed by atoms with van der Waals surface area (Å²) in [6.07, 6.45) is 4.48. The topological polar surface area (TPSA) is 41.6 Å². The van der Waals surface area contributed by atoms with Crippen LogP contribution >= 0.6 is 0 Å². The molecule has 0 unspecified atom stereocenters. The van der Waals surface area contributed by atoms with Crippen LogP contribution in [0.4, 0.5) is 5.69 Å². The maximum absolute atomic E-state index is 12.0. The highest BCUT2D eigenvalue weighted by atomic mass is 16.5. The van der Waals surface area contributed by atoms with Crippen molar-refractivity contribution in [3.05, 3.63) is 23.8 Å². The minimum absolute atomic E-state index is 0.103. The third-order valence-corrected chi connectivity index (χ3v) is 3.85. The van der Waals surface area contributed by atoms with E-state index >= 15 is 0 Å². The summed E-state index contributed by atoms with van der Waals surface area (Å²) < 4.78 is 5.72. The SMILES string of the molecule is O=C(COc1cccc2c1NCCC2)N1CCCC1. The summed E-state index contributed by atoms with van der Waals surface area (Å²) in [5, 5.41) is 3.37. The molecule has 1 saturated heterocycles. The lowest BCUT2D eigenvalue weighted by atomic mass is 10.0. The smallest absolute Gasteiger partial charge is 0.260 e. The third-order valence-electron chi connectivity index (χ3n) is 3.85. The average molecular weight is 260 g/mol. The van der Waals surface area contributed by atoms with Gasteiger partial charge in [0.25, 0.3) is 5.91 Å². The highest BCUT2D eigenvalue weighted by Crippen LogP contribution is 2.31. The van der Waals surface area contributed by atoms with Crippen LogP contribution in [0.3, 0.4) is 0 Å². The molecule has 4 nitrogen and oxygen atoms in total. The van der Waals surface area contributed by atoms with Gasteiger partial charge in [0.15, 0.2) is 6.61 Å². The van der Waals surface area contributed by atoms with Crippen molar-refractivity contribution in [2.24, 2.45) is 0 Å². The monoisotopic (exact) mass is 260 g/mol. The fraction of sp³-hybridized carbons (Fsp3) is 0.533. The van der Waals surface area contributed by atoms with Crippen molar-refractivity contribution in [3.63, 3.8) is 0 Å². The molecule has 0 aromatic heterocycles. The lowest BCUT2D eigenvalue weighted by molar-refractivity contribution is -0.132. The van der Waals surface area contributed by atoms with Gasteiger partial charge in [0.2, 0.25) is 0 Å². The molecule has 102 valence electrons. The van der Waals surface area contributed by atoms with Crippen LogP contribution < -0.4 is 10.1 Å². The Morgan fingerprint density at radius 3 is 2.95 bits per heavy atom. The van der Waals surface area contributed by atoms with Gasteiger partial charge >= 0.3 is 0 Å². The average Bonchev–Trinajstić information content (AvgIpc) is 2.99. The van der Waals surface area contributed by atoms with Crippen LogP contribution in [-0.2, 0) is 11.2 Å². The predicted octanol–water partition coefficient (Wildman–Crippen LogP) is 2.05. The van der Waals surface area contributed by atoms with E-state index in [-0.39, 0.29) is 12.5 Å². The molecule has 4 heteroatoms. The largest absolute Gasteiger partial charge is 0.482 e. The molecule has 2 aliphatic heterocycles. The Balaban J connectivity index is 1.65. The van der Waals surface area contributed by atoms with Crippen LogP contribution in [0.1, 0.15) is 24.8 Å². The van der Waals surface area contributed by atoms with Crippen molar-refractivity contribution in [3.8, 4) is 5.75 Å². The molecule has 2 heterocycles. The Hall–Kier alpha value is -1.71. The quantitative estimate of drug-likeness (QED) is 0.904. The van der Waals surface area contributed by atoms with Crippen molar-refractivity contribution in [1.82, 2.24) is 4.90 Å². The molecule has 0 atom stereocenters. The van der Waals surface area contributed by atoms with Crippen LogP contribution in [0.2, 0.25) is 0 Å². The summed E-state index contributed by atoms with van der Waals surface area (Å²) in [4.78, 5) is 13.9. The second kappa shape index (κ2) is 5.51. The lowest BCUT2D eigenvalue weighted by Crippen LogP contribution is -2.32. The first-order valence-electron chi connectivity index (χ1n) is 7.11. The molecule has 0 spiro atoms. The van der Waals surface area contributed by atoms with Crippen molar-refractivity contribution in [2.45, 2.75) is 25.7 Å². The predicted molar refractivity (Wildman–Crippen MR) is 74.6 cm³/mol. The van der Waals surface area contributed by atoms with E-state index in [2.05, 4.69) is 11.4 Å². The molecule has 1 amide bonds. The maximum atomic E-state index is 12.0. The summed E-state index contributed by atoms with van der Waals surface area (Å²) in [6, 6.07) is 6.06. The van der Waals surface area contributed by atoms with E-state index in [0.717, 1.165) is 56.8 Å². The fourth-order valence-electron chi connectivity index (χ4n) is 2.80. The van der Waals surface area contributed by atoms with Gasteiger partial charge in [-0.2, -0.15) is 0 Å². The van der Waals surface area contributed by atoms with Gasteiger partial charge in [-0.1, -0.05) is 12.1 Å². The number of ether oxygens (including phenoxy) is 1. The van der Waals surface area contributed by atoms with Crippen molar-refractivity contribution >= 4 is 11.6 Å². The first kappa shape index (κ1) is 12.3. The van der Waals surface area contributed by atoms with Crippen LogP contribution in [-0.4, -0.2) is 37.0 Å². The summed E-state index contributed by atoms with van der Waals surface area (Å²) in [5.41, 5.74) is 2.36. The number of nitrogens with zero attached hydrogens (tertiary/aromatic N) is 1. The number of carbonyl (C=O) groups is 1. The normalized spacial score (nSPS) is 17.8. The van der Waals surface area contributed by atoms with E-state index in [1.165, 1.54) is 5.56 Å². The number of anilines is 1. The van der Waals surface area contributed by atoms with E-state index in [4.69, 9.17) is 4.74 Å². The van der Waals surface area contributed by atoms with Crippen molar-refractivity contribution in [1.29, 1.82) is 0 Å². The molecule has 1 aromatic carbocycles. The molecule has 0 bridgehead atoms. The number of hydrogen-bond acceptors (Lipinski definition) is 3. The molecule has 2 aliphatic rings. The van der Waals surface area contributed by atoms with Crippen molar-refractivity contribution in [2.75, 3.05) is 31.6 Å². The number of nitrogens with one attached hydrogen (secondary N) is 1. The third kappa shape index (κ3) is 2.67. The number of hydrogen-bond donors (Lipinski definition) is 1. The fourth-order valence-corrected chi connectivity index (χ4v) is 2.80. The van der Waals surface area contributed by atoms with Crippen LogP contribution in [0, 0.1) is 0 Å². The molecule has 1 N–H and O–H groups in total. The van der Waals surface area contributed by atoms with E-state index < -0.39 is 0 Å². The number of rotatable bonds is 3. The van der Waals surface area contributed by atoms with Gasteiger partial charge in [-0.25, -0.2) is 0 Å². The number of para-hydroxylation sites is 1. The van der Waals surface area contributed by atoms with Gasteiger partial charge < -0.3 is 15.0 Å². The summed E-state index contributed by atoms with van der Waals surface area (Å²) in [7, 11) is 0. The van der Waals surface area contributed by atoms with Crippen LogP contribution in [0.5, 0.6) is 5.75 Å². The molecular formula is C15H20N2O2. The molecule has 1 fully saturated rings. The van der Waals surface area contributed by atoms with Crippen molar-refractivity contribution < 1.29 is 9.53 Å². The summed E-state index contributed by atoms with van der Waals surface area (Å²) >= 11 is 0. The molecule has 3 rings (SSSR count). The minimum atomic E-state index is 0.103. The number of carbonyl (C=O) groups excluding carboxylic acids is 1. The highest BCUT2D eigenvalue weighted by molar-refractivity contribution is 5.78. The first-order valence-corrected chi connectivity index (χ1v) is 7.11. The second-order valence-electron chi connectivity index (χ2n) is 5.20. The first-order chi connectivity index (χ1) is 9.34. The molecule has 1 aromatic rings. The van der Waals surface area contributed by atoms with Crippen LogP contribution in [0.25, 0.3) is 0 Å². The lowest BCUT2D eigenvalue weighted by Gasteiger charge is -2.22. The minimum Gasteiger partial charge on any atom is -0.482 e. The number of likely N-dealkylation sites (tertiary alicyclic amines) is 1. The van der Waals surface area contributed by atoms with Crippen LogP contribution in [0.15, 0.2) is 18.2 Å². The standard InChI is InChI=1S/C15H20N2O2/c18-14(17-9-1-2-10-17)11-19-13-7-3-5-12-6-4-8-16-15(12)13/h3,5,7,16H,1-2,4,6,8-11H2. The van der Waals surface area contributed by atoms with E-state index in [1.54, 1.807) is 0 Å². The Labute approximate surface area is 113 Å². The number of fused-ring (bicyclic) bond motifs is 1. The highest BCUT2D eigenvalue weighted by Gasteiger charge is 2.19. The molecule has 0 saturated carbocycles. The van der Waals surface area contributed by atoms with Gasteiger partial charge in [0.1, 0.15) is 5.75 Å². The van der Waals surface area contributed by atoms with E-state index in [0.29, 0.717) is 0 Å². The summed E-state index contributed by atoms with van der Waals surface area (Å²) in [6.45, 7) is 2.90. The molecule has 0 aliphatic carbocycles. The zero-order valence-electron chi connectivity index (χ0n) is 11.2. The number of amides is 1. The second-order valence-corrected chi connectivity index (χ2v) is 5.20. The van der Waals surface area contributed by atoms with Gasteiger partial charge in [0.05, 0.1) is 5.69 Å². The maximum Gasteiger partial charge on any atom is 0.260 e. The van der Waals surface area contributed by atoms with Gasteiger partial charge in [-0.15, -0.1) is 0 Å². The number of benzene rings is 1. The van der Waals surface area contributed by atoms with E-state index in [1.807, 2.05) is 17.0 Å². The number of aryl methyl sites for hydroxylation is 1. The zero-order valence-corrected chi connectivity index (χ0v) is 11.2. The molecular weight excluding hydrogens is 240 g/mol. The Bertz CT molecular complexity index is 467.